The Balaban J connectivity index is 2.87. The van der Waals surface area contributed by atoms with Gasteiger partial charge in [0.25, 0.3) is 0 Å². The van der Waals surface area contributed by atoms with Crippen LogP contribution in [0, 0.1) is 0 Å². The van der Waals surface area contributed by atoms with Gasteiger partial charge in [0.15, 0.2) is 0 Å². The number of hydrogen-bond acceptors (Lipinski definition) is 4. The maximum absolute atomic E-state index is 9.84. The largest absolute Gasteiger partial charge is 0.378 e. The summed E-state index contributed by atoms with van der Waals surface area (Å²) in [5, 5.41) is 3.23. The molecule has 0 rings (SSSR count). The summed E-state index contributed by atoms with van der Waals surface area (Å²) in [5.74, 6) is 0. The molecule has 78 valence electrons. The highest BCUT2D eigenvalue weighted by Gasteiger charge is 1.91. The SMILES string of the molecule is CC(C)NCCOCCOCC=O. The molecule has 0 aromatic heterocycles. The van der Waals surface area contributed by atoms with Gasteiger partial charge in [-0.1, -0.05) is 13.8 Å². The van der Waals surface area contributed by atoms with Gasteiger partial charge in [-0.2, -0.15) is 0 Å². The standard InChI is InChI=1S/C9H19NO3/c1-9(2)10-3-5-12-7-8-13-6-4-11/h4,9-10H,3,5-8H2,1-2H3. The smallest absolute Gasteiger partial charge is 0.145 e. The Bertz CT molecular complexity index is 117. The summed E-state index contributed by atoms with van der Waals surface area (Å²) >= 11 is 0. The van der Waals surface area contributed by atoms with Gasteiger partial charge in [0.1, 0.15) is 12.9 Å². The van der Waals surface area contributed by atoms with Crippen LogP contribution >= 0.6 is 0 Å². The minimum Gasteiger partial charge on any atom is -0.378 e. The van der Waals surface area contributed by atoms with Gasteiger partial charge in [-0.3, -0.25) is 0 Å². The van der Waals surface area contributed by atoms with E-state index in [4.69, 9.17) is 9.47 Å². The lowest BCUT2D eigenvalue weighted by atomic mass is 10.4. The molecular formula is C9H19NO3. The Labute approximate surface area is 79.6 Å². The van der Waals surface area contributed by atoms with E-state index < -0.39 is 0 Å². The number of nitrogens with one attached hydrogen (secondary N) is 1. The second kappa shape index (κ2) is 9.64. The topological polar surface area (TPSA) is 47.6 Å². The second-order valence-corrected chi connectivity index (χ2v) is 2.96. The first-order valence-electron chi connectivity index (χ1n) is 4.60. The van der Waals surface area contributed by atoms with Crippen LogP contribution in [0.1, 0.15) is 13.8 Å². The summed E-state index contributed by atoms with van der Waals surface area (Å²) < 4.78 is 10.1. The summed E-state index contributed by atoms with van der Waals surface area (Å²) in [6, 6.07) is 0.495. The van der Waals surface area contributed by atoms with Crippen LogP contribution in [0.25, 0.3) is 0 Å². The molecule has 0 amide bonds. The van der Waals surface area contributed by atoms with Crippen LogP contribution in [-0.2, 0) is 14.3 Å². The number of aldehydes is 1. The van der Waals surface area contributed by atoms with E-state index in [0.29, 0.717) is 25.9 Å². The van der Waals surface area contributed by atoms with E-state index in [9.17, 15) is 4.79 Å². The molecular weight excluding hydrogens is 170 g/mol. The molecule has 0 saturated heterocycles. The molecule has 0 heterocycles. The Morgan fingerprint density at radius 1 is 1.23 bits per heavy atom. The van der Waals surface area contributed by atoms with E-state index in [-0.39, 0.29) is 6.61 Å². The van der Waals surface area contributed by atoms with Crippen LogP contribution in [0.4, 0.5) is 0 Å². The van der Waals surface area contributed by atoms with Gasteiger partial charge in [0.2, 0.25) is 0 Å². The van der Waals surface area contributed by atoms with Crippen LogP contribution in [0.3, 0.4) is 0 Å². The molecule has 1 N–H and O–H groups in total. The van der Waals surface area contributed by atoms with Crippen molar-refractivity contribution in [1.29, 1.82) is 0 Å². The van der Waals surface area contributed by atoms with E-state index in [1.165, 1.54) is 0 Å². The predicted molar refractivity (Wildman–Crippen MR) is 50.8 cm³/mol. The zero-order chi connectivity index (χ0) is 9.94. The second-order valence-electron chi connectivity index (χ2n) is 2.96. The lowest BCUT2D eigenvalue weighted by molar-refractivity contribution is -0.112. The average Bonchev–Trinajstić information content (AvgIpc) is 2.09. The summed E-state index contributed by atoms with van der Waals surface area (Å²) in [6.07, 6.45) is 0.736. The Kier molecular flexibility index (Phi) is 9.30. The molecule has 0 aliphatic rings. The summed E-state index contributed by atoms with van der Waals surface area (Å²) in [6.45, 7) is 6.91. The van der Waals surface area contributed by atoms with Crippen molar-refractivity contribution in [2.75, 3.05) is 33.0 Å². The van der Waals surface area contributed by atoms with Crippen LogP contribution < -0.4 is 5.32 Å². The molecule has 4 heteroatoms. The van der Waals surface area contributed by atoms with Gasteiger partial charge in [-0.15, -0.1) is 0 Å². The van der Waals surface area contributed by atoms with Crippen molar-refractivity contribution in [1.82, 2.24) is 5.32 Å². The van der Waals surface area contributed by atoms with Crippen molar-refractivity contribution in [2.45, 2.75) is 19.9 Å². The van der Waals surface area contributed by atoms with Crippen LogP contribution in [0.2, 0.25) is 0 Å². The van der Waals surface area contributed by atoms with Crippen molar-refractivity contribution in [3.8, 4) is 0 Å². The molecule has 0 atom stereocenters. The molecule has 13 heavy (non-hydrogen) atoms. The van der Waals surface area contributed by atoms with Crippen molar-refractivity contribution >= 4 is 6.29 Å². The van der Waals surface area contributed by atoms with Gasteiger partial charge in [0, 0.05) is 12.6 Å². The van der Waals surface area contributed by atoms with Gasteiger partial charge in [0.05, 0.1) is 19.8 Å². The van der Waals surface area contributed by atoms with Crippen LogP contribution in [0.15, 0.2) is 0 Å². The summed E-state index contributed by atoms with van der Waals surface area (Å²) in [5.41, 5.74) is 0. The van der Waals surface area contributed by atoms with Crippen LogP contribution in [0.5, 0.6) is 0 Å². The monoisotopic (exact) mass is 189 g/mol. The van der Waals surface area contributed by atoms with E-state index >= 15 is 0 Å². The van der Waals surface area contributed by atoms with Crippen molar-refractivity contribution in [3.63, 3.8) is 0 Å². The molecule has 4 nitrogen and oxygen atoms in total. The third kappa shape index (κ3) is 11.5. The predicted octanol–water partition coefficient (Wildman–Crippen LogP) is 0.216. The molecule has 0 bridgehead atoms. The first-order chi connectivity index (χ1) is 6.27. The van der Waals surface area contributed by atoms with E-state index in [2.05, 4.69) is 19.2 Å². The highest BCUT2D eigenvalue weighted by molar-refractivity contribution is 5.50. The maximum atomic E-state index is 9.84. The molecule has 0 aromatic rings. The zero-order valence-corrected chi connectivity index (χ0v) is 8.41. The normalized spacial score (nSPS) is 10.7. The fraction of sp³-hybridized carbons (Fsp3) is 0.889. The summed E-state index contributed by atoms with van der Waals surface area (Å²) in [7, 11) is 0. The molecule has 0 unspecified atom stereocenters. The fourth-order valence-corrected chi connectivity index (χ4v) is 0.771. The molecule has 0 fully saturated rings. The van der Waals surface area contributed by atoms with E-state index in [0.717, 1.165) is 12.8 Å². The average molecular weight is 189 g/mol. The number of rotatable bonds is 9. The van der Waals surface area contributed by atoms with Crippen molar-refractivity contribution in [3.05, 3.63) is 0 Å². The van der Waals surface area contributed by atoms with E-state index in [1.54, 1.807) is 0 Å². The third-order valence-corrected chi connectivity index (χ3v) is 1.36. The Hall–Kier alpha value is -0.450. The number of ether oxygens (including phenoxy) is 2. The molecule has 0 saturated carbocycles. The highest BCUT2D eigenvalue weighted by Crippen LogP contribution is 1.79. The van der Waals surface area contributed by atoms with Gasteiger partial charge in [-0.05, 0) is 0 Å². The van der Waals surface area contributed by atoms with Crippen molar-refractivity contribution < 1.29 is 14.3 Å². The van der Waals surface area contributed by atoms with Gasteiger partial charge < -0.3 is 19.6 Å². The third-order valence-electron chi connectivity index (χ3n) is 1.36. The molecule has 0 spiro atoms. The molecule has 0 aliphatic heterocycles. The van der Waals surface area contributed by atoms with Crippen molar-refractivity contribution in [2.24, 2.45) is 0 Å². The number of hydrogen-bond donors (Lipinski definition) is 1. The van der Waals surface area contributed by atoms with Gasteiger partial charge in [-0.25, -0.2) is 0 Å². The fourth-order valence-electron chi connectivity index (χ4n) is 0.771. The first kappa shape index (κ1) is 12.6. The number of carbonyl (C=O) groups excluding carboxylic acids is 1. The van der Waals surface area contributed by atoms with E-state index in [1.807, 2.05) is 0 Å². The minimum atomic E-state index is 0.160. The molecule has 0 radical (unpaired) electrons. The summed E-state index contributed by atoms with van der Waals surface area (Å²) in [4.78, 5) is 9.84. The molecule has 0 aliphatic carbocycles. The number of carbonyl (C=O) groups is 1. The Morgan fingerprint density at radius 3 is 2.54 bits per heavy atom. The quantitative estimate of drug-likeness (QED) is 0.416. The lowest BCUT2D eigenvalue weighted by Crippen LogP contribution is -2.27. The lowest BCUT2D eigenvalue weighted by Gasteiger charge is -2.08. The minimum absolute atomic E-state index is 0.160. The van der Waals surface area contributed by atoms with Gasteiger partial charge >= 0.3 is 0 Å². The molecule has 0 aromatic carbocycles. The maximum Gasteiger partial charge on any atom is 0.145 e. The Morgan fingerprint density at radius 2 is 1.92 bits per heavy atom. The van der Waals surface area contributed by atoms with Crippen LogP contribution in [-0.4, -0.2) is 45.3 Å². The highest BCUT2D eigenvalue weighted by atomic mass is 16.5. The zero-order valence-electron chi connectivity index (χ0n) is 8.41. The first-order valence-corrected chi connectivity index (χ1v) is 4.60.